The molecular formula is C35H62N4O. The molecule has 0 unspecified atom stereocenters. The van der Waals surface area contributed by atoms with Gasteiger partial charge in [-0.2, -0.15) is 0 Å². The summed E-state index contributed by atoms with van der Waals surface area (Å²) in [4.78, 5) is 19.3. The fourth-order valence-corrected chi connectivity index (χ4v) is 5.81. The van der Waals surface area contributed by atoms with E-state index in [9.17, 15) is 4.79 Å². The number of nitrogens with one attached hydrogen (secondary N) is 1. The third-order valence-electron chi connectivity index (χ3n) is 8.31. The number of nitrogens with zero attached hydrogens (tertiary/aromatic N) is 3. The largest absolute Gasteiger partial charge is 0.355 e. The number of hydrogen-bond donors (Lipinski definition) is 1. The van der Waals surface area contributed by atoms with E-state index >= 15 is 0 Å². The summed E-state index contributed by atoms with van der Waals surface area (Å²) >= 11 is 0. The van der Waals surface area contributed by atoms with E-state index in [1.807, 2.05) is 12.1 Å². The number of imidazole rings is 1. The highest BCUT2D eigenvalue weighted by Crippen LogP contribution is 2.21. The van der Waals surface area contributed by atoms with Gasteiger partial charge in [0.05, 0.1) is 11.0 Å². The number of aryl methyl sites for hydroxylation is 2. The normalized spacial score (nSPS) is 11.6. The van der Waals surface area contributed by atoms with E-state index in [0.717, 1.165) is 37.0 Å². The van der Waals surface area contributed by atoms with Crippen molar-refractivity contribution >= 4 is 16.9 Å². The van der Waals surface area contributed by atoms with Crippen molar-refractivity contribution < 1.29 is 4.79 Å². The highest BCUT2D eigenvalue weighted by atomic mass is 16.1. The van der Waals surface area contributed by atoms with E-state index in [4.69, 9.17) is 4.98 Å². The molecule has 0 aliphatic rings. The van der Waals surface area contributed by atoms with Crippen LogP contribution in [0.25, 0.3) is 11.0 Å². The van der Waals surface area contributed by atoms with Gasteiger partial charge in [-0.15, -0.1) is 0 Å². The lowest BCUT2D eigenvalue weighted by Crippen LogP contribution is -2.17. The van der Waals surface area contributed by atoms with Gasteiger partial charge in [-0.3, -0.25) is 4.79 Å². The Balaban J connectivity index is 1.56. The third kappa shape index (κ3) is 14.1. The zero-order valence-corrected chi connectivity index (χ0v) is 26.7. The number of fused-ring (bicyclic) bond motifs is 1. The second kappa shape index (κ2) is 21.8. The molecule has 0 bridgehead atoms. The maximum absolute atomic E-state index is 12.1. The first-order valence-electron chi connectivity index (χ1n) is 16.9. The van der Waals surface area contributed by atoms with Crippen molar-refractivity contribution in [1.82, 2.24) is 19.8 Å². The first-order chi connectivity index (χ1) is 19.6. The topological polar surface area (TPSA) is 50.2 Å². The van der Waals surface area contributed by atoms with E-state index in [-0.39, 0.29) is 5.91 Å². The van der Waals surface area contributed by atoms with Crippen LogP contribution in [0, 0.1) is 0 Å². The molecule has 5 nitrogen and oxygen atoms in total. The molecule has 228 valence electrons. The first kappa shape index (κ1) is 34.3. The van der Waals surface area contributed by atoms with Gasteiger partial charge >= 0.3 is 0 Å². The maximum Gasteiger partial charge on any atom is 0.251 e. The van der Waals surface area contributed by atoms with E-state index in [1.54, 1.807) is 7.05 Å². The standard InChI is InChI=1S/C35H62N4O/c1-5-6-7-8-9-10-11-12-13-14-15-16-17-18-19-20-21-22-23-25-34-37-32-30-31(35(40)36-2)26-27-33(32)39(34)29-24-28-38(3)4/h26-27,30H,5-25,28-29H2,1-4H3,(H,36,40). The smallest absolute Gasteiger partial charge is 0.251 e. The summed E-state index contributed by atoms with van der Waals surface area (Å²) in [6.45, 7) is 4.33. The molecule has 1 N–H and O–H groups in total. The number of carbonyl (C=O) groups is 1. The van der Waals surface area contributed by atoms with Gasteiger partial charge in [0, 0.05) is 25.6 Å². The Hall–Kier alpha value is -1.88. The lowest BCUT2D eigenvalue weighted by molar-refractivity contribution is 0.0963. The number of rotatable bonds is 25. The van der Waals surface area contributed by atoms with Crippen LogP contribution >= 0.6 is 0 Å². The van der Waals surface area contributed by atoms with E-state index in [2.05, 4.69) is 41.9 Å². The zero-order valence-electron chi connectivity index (χ0n) is 26.7. The minimum absolute atomic E-state index is 0.0515. The molecule has 0 saturated carbocycles. The molecule has 0 atom stereocenters. The fraction of sp³-hybridized carbons (Fsp3) is 0.771. The average molecular weight is 555 g/mol. The minimum Gasteiger partial charge on any atom is -0.355 e. The Morgan fingerprint density at radius 2 is 1.25 bits per heavy atom. The number of benzene rings is 1. The van der Waals surface area contributed by atoms with E-state index in [0.29, 0.717) is 5.56 Å². The molecule has 2 rings (SSSR count). The molecule has 0 spiro atoms. The van der Waals surface area contributed by atoms with Crippen LogP contribution in [0.15, 0.2) is 18.2 Å². The second-order valence-corrected chi connectivity index (χ2v) is 12.2. The third-order valence-corrected chi connectivity index (χ3v) is 8.31. The van der Waals surface area contributed by atoms with Crippen LogP contribution in [0.3, 0.4) is 0 Å². The van der Waals surface area contributed by atoms with Crippen molar-refractivity contribution in [1.29, 1.82) is 0 Å². The second-order valence-electron chi connectivity index (χ2n) is 12.2. The zero-order chi connectivity index (χ0) is 28.8. The van der Waals surface area contributed by atoms with Crippen molar-refractivity contribution in [3.8, 4) is 0 Å². The van der Waals surface area contributed by atoms with Gasteiger partial charge in [0.1, 0.15) is 5.82 Å². The first-order valence-corrected chi connectivity index (χ1v) is 16.9. The SMILES string of the molecule is CCCCCCCCCCCCCCCCCCCCCc1nc2cc(C(=O)NC)ccc2n1CCCN(C)C. The summed E-state index contributed by atoms with van der Waals surface area (Å²) in [5, 5.41) is 2.72. The van der Waals surface area contributed by atoms with E-state index in [1.165, 1.54) is 128 Å². The van der Waals surface area contributed by atoms with Crippen molar-refractivity contribution in [2.45, 2.75) is 148 Å². The van der Waals surface area contributed by atoms with Crippen LogP contribution in [0.5, 0.6) is 0 Å². The fourth-order valence-electron chi connectivity index (χ4n) is 5.81. The van der Waals surface area contributed by atoms with Crippen molar-refractivity contribution in [3.05, 3.63) is 29.6 Å². The molecule has 1 aromatic heterocycles. The highest BCUT2D eigenvalue weighted by Gasteiger charge is 2.13. The Morgan fingerprint density at radius 1 is 0.750 bits per heavy atom. The van der Waals surface area contributed by atoms with Crippen molar-refractivity contribution in [3.63, 3.8) is 0 Å². The summed E-state index contributed by atoms with van der Waals surface area (Å²) in [6.07, 6.45) is 28.8. The molecule has 1 amide bonds. The number of hydrogen-bond acceptors (Lipinski definition) is 3. The number of amides is 1. The van der Waals surface area contributed by atoms with Gasteiger partial charge in [-0.1, -0.05) is 122 Å². The van der Waals surface area contributed by atoms with Gasteiger partial charge in [-0.05, 0) is 51.7 Å². The van der Waals surface area contributed by atoms with Crippen LogP contribution in [0.2, 0.25) is 0 Å². The van der Waals surface area contributed by atoms with Crippen molar-refractivity contribution in [2.24, 2.45) is 0 Å². The predicted molar refractivity (Wildman–Crippen MR) is 173 cm³/mol. The van der Waals surface area contributed by atoms with Crippen LogP contribution in [-0.2, 0) is 13.0 Å². The molecule has 0 aliphatic carbocycles. The number of aromatic nitrogens is 2. The minimum atomic E-state index is -0.0515. The summed E-state index contributed by atoms with van der Waals surface area (Å²) in [6, 6.07) is 5.94. The molecule has 1 aromatic carbocycles. The molecule has 0 radical (unpaired) electrons. The molecule has 40 heavy (non-hydrogen) atoms. The molecule has 5 heteroatoms. The van der Waals surface area contributed by atoms with E-state index < -0.39 is 0 Å². The van der Waals surface area contributed by atoms with Gasteiger partial charge in [0.15, 0.2) is 0 Å². The van der Waals surface area contributed by atoms with Crippen LogP contribution in [0.1, 0.15) is 152 Å². The van der Waals surface area contributed by atoms with Gasteiger partial charge in [0.25, 0.3) is 5.91 Å². The number of unbranched alkanes of at least 4 members (excludes halogenated alkanes) is 18. The maximum atomic E-state index is 12.1. The van der Waals surface area contributed by atoms with Gasteiger partial charge in [0.2, 0.25) is 0 Å². The molecule has 2 aromatic rings. The summed E-state index contributed by atoms with van der Waals surface area (Å²) in [5.41, 5.74) is 2.78. The molecule has 0 fully saturated rings. The Bertz CT molecular complexity index is 919. The summed E-state index contributed by atoms with van der Waals surface area (Å²) in [5.74, 6) is 1.12. The quantitative estimate of drug-likeness (QED) is 0.124. The lowest BCUT2D eigenvalue weighted by atomic mass is 10.0. The molecular weight excluding hydrogens is 492 g/mol. The monoisotopic (exact) mass is 554 g/mol. The average Bonchev–Trinajstić information content (AvgIpc) is 3.30. The summed E-state index contributed by atoms with van der Waals surface area (Å²) < 4.78 is 2.39. The molecule has 1 heterocycles. The van der Waals surface area contributed by atoms with Crippen LogP contribution < -0.4 is 5.32 Å². The van der Waals surface area contributed by atoms with Crippen molar-refractivity contribution in [2.75, 3.05) is 27.7 Å². The van der Waals surface area contributed by atoms with Crippen LogP contribution in [0.4, 0.5) is 0 Å². The van der Waals surface area contributed by atoms with Crippen LogP contribution in [-0.4, -0.2) is 48.0 Å². The number of carbonyl (C=O) groups excluding carboxylic acids is 1. The highest BCUT2D eigenvalue weighted by molar-refractivity contribution is 5.97. The molecule has 0 aliphatic heterocycles. The Morgan fingerprint density at radius 3 is 1.73 bits per heavy atom. The Labute approximate surface area is 246 Å². The Kier molecular flexibility index (Phi) is 18.7. The summed E-state index contributed by atoms with van der Waals surface area (Å²) in [7, 11) is 5.93. The molecule has 0 saturated heterocycles. The van der Waals surface area contributed by atoms with Gasteiger partial charge < -0.3 is 14.8 Å². The predicted octanol–water partition coefficient (Wildman–Crippen LogP) is 9.32. The lowest BCUT2D eigenvalue weighted by Gasteiger charge is -2.12. The van der Waals surface area contributed by atoms with Gasteiger partial charge in [-0.25, -0.2) is 4.98 Å².